The Kier molecular flexibility index (Phi) is 4.92. The molecule has 17 heavy (non-hydrogen) atoms. The molecule has 1 heterocycles. The minimum Gasteiger partial charge on any atom is -0.380 e. The average molecular weight is 260 g/mol. The summed E-state index contributed by atoms with van der Waals surface area (Å²) in [5, 5.41) is 7.94. The highest BCUT2D eigenvalue weighted by molar-refractivity contribution is 7.90. The third-order valence-corrected chi connectivity index (χ3v) is 5.60. The van der Waals surface area contributed by atoms with Crippen LogP contribution < -0.4 is 0 Å². The molecule has 6 heteroatoms. The van der Waals surface area contributed by atoms with Crippen molar-refractivity contribution in [3.63, 3.8) is 0 Å². The molecule has 0 N–H and O–H groups in total. The zero-order valence-electron chi connectivity index (χ0n) is 10.6. The summed E-state index contributed by atoms with van der Waals surface area (Å²) in [6.45, 7) is 4.62. The van der Waals surface area contributed by atoms with E-state index in [4.69, 9.17) is 10.00 Å². The molecule has 0 aromatic heterocycles. The number of methoxy groups -OCH3 is 1. The summed E-state index contributed by atoms with van der Waals surface area (Å²) in [6, 6.07) is 1.86. The van der Waals surface area contributed by atoms with Crippen LogP contribution in [0, 0.1) is 17.2 Å². The molecule has 0 aliphatic carbocycles. The molecule has 0 bridgehead atoms. The smallest absolute Gasteiger partial charge is 0.230 e. The molecule has 1 fully saturated rings. The molecular weight excluding hydrogens is 240 g/mol. The summed E-state index contributed by atoms with van der Waals surface area (Å²) in [6.07, 6.45) is 1.03. The van der Waals surface area contributed by atoms with Crippen LogP contribution in [-0.2, 0) is 14.8 Å². The predicted molar refractivity (Wildman–Crippen MR) is 64.8 cm³/mol. The van der Waals surface area contributed by atoms with Gasteiger partial charge in [-0.1, -0.05) is 13.8 Å². The van der Waals surface area contributed by atoms with Gasteiger partial charge in [0.2, 0.25) is 10.0 Å². The fourth-order valence-electron chi connectivity index (χ4n) is 2.09. The topological polar surface area (TPSA) is 70.4 Å². The first-order valence-corrected chi connectivity index (χ1v) is 7.39. The lowest BCUT2D eigenvalue weighted by Crippen LogP contribution is -2.49. The van der Waals surface area contributed by atoms with Crippen molar-refractivity contribution in [1.82, 2.24) is 4.31 Å². The third-order valence-electron chi connectivity index (χ3n) is 3.39. The molecule has 3 unspecified atom stereocenters. The molecule has 1 saturated heterocycles. The van der Waals surface area contributed by atoms with Crippen LogP contribution in [0.4, 0.5) is 0 Å². The second kappa shape index (κ2) is 5.80. The SMILES string of the molecule is CCC(C#N)S(=O)(=O)N1CCC(C)C(OC)C1. The molecule has 0 aromatic rings. The van der Waals surface area contributed by atoms with Crippen LogP contribution in [0.1, 0.15) is 26.7 Å². The van der Waals surface area contributed by atoms with E-state index in [2.05, 4.69) is 6.92 Å². The first-order valence-electron chi connectivity index (χ1n) is 5.88. The van der Waals surface area contributed by atoms with Crippen LogP contribution in [0.3, 0.4) is 0 Å². The molecule has 3 atom stereocenters. The highest BCUT2D eigenvalue weighted by atomic mass is 32.2. The van der Waals surface area contributed by atoms with Crippen molar-refractivity contribution in [1.29, 1.82) is 5.26 Å². The Labute approximate surface area is 103 Å². The first-order chi connectivity index (χ1) is 7.97. The van der Waals surface area contributed by atoms with Crippen LogP contribution in [-0.4, -0.2) is 44.3 Å². The first kappa shape index (κ1) is 14.4. The van der Waals surface area contributed by atoms with Crippen molar-refractivity contribution in [3.8, 4) is 6.07 Å². The molecular formula is C11H20N2O3S. The molecule has 0 amide bonds. The Morgan fingerprint density at radius 1 is 1.59 bits per heavy atom. The van der Waals surface area contributed by atoms with Crippen LogP contribution in [0.25, 0.3) is 0 Å². The average Bonchev–Trinajstić information content (AvgIpc) is 2.30. The lowest BCUT2D eigenvalue weighted by atomic mass is 9.97. The highest BCUT2D eigenvalue weighted by Crippen LogP contribution is 2.23. The minimum atomic E-state index is -3.50. The van der Waals surface area contributed by atoms with Crippen LogP contribution >= 0.6 is 0 Å². The molecule has 1 aliphatic rings. The van der Waals surface area contributed by atoms with Crippen LogP contribution in [0.15, 0.2) is 0 Å². The van der Waals surface area contributed by atoms with Gasteiger partial charge in [-0.15, -0.1) is 0 Å². The minimum absolute atomic E-state index is 0.0743. The van der Waals surface area contributed by atoms with Gasteiger partial charge in [0.25, 0.3) is 0 Å². The number of ether oxygens (including phenoxy) is 1. The number of rotatable bonds is 4. The van der Waals surface area contributed by atoms with E-state index >= 15 is 0 Å². The third kappa shape index (κ3) is 2.97. The van der Waals surface area contributed by atoms with Crippen molar-refractivity contribution in [3.05, 3.63) is 0 Å². The summed E-state index contributed by atoms with van der Waals surface area (Å²) in [5.74, 6) is 0.355. The van der Waals surface area contributed by atoms with E-state index in [1.165, 1.54) is 4.31 Å². The second-order valence-corrected chi connectivity index (χ2v) is 6.58. The summed E-state index contributed by atoms with van der Waals surface area (Å²) < 4.78 is 31.0. The van der Waals surface area contributed by atoms with Gasteiger partial charge in [-0.25, -0.2) is 8.42 Å². The maximum Gasteiger partial charge on any atom is 0.230 e. The number of nitrogens with zero attached hydrogens (tertiary/aromatic N) is 2. The summed E-state index contributed by atoms with van der Waals surface area (Å²) in [7, 11) is -1.90. The van der Waals surface area contributed by atoms with E-state index in [-0.39, 0.29) is 6.10 Å². The monoisotopic (exact) mass is 260 g/mol. The highest BCUT2D eigenvalue weighted by Gasteiger charge is 2.36. The molecule has 1 rings (SSSR count). The van der Waals surface area contributed by atoms with Gasteiger partial charge < -0.3 is 4.74 Å². The van der Waals surface area contributed by atoms with E-state index in [0.717, 1.165) is 6.42 Å². The number of piperidine rings is 1. The van der Waals surface area contributed by atoms with E-state index in [1.54, 1.807) is 14.0 Å². The Morgan fingerprint density at radius 3 is 2.71 bits per heavy atom. The molecule has 98 valence electrons. The summed E-state index contributed by atoms with van der Waals surface area (Å²) >= 11 is 0. The quantitative estimate of drug-likeness (QED) is 0.755. The normalized spacial score (nSPS) is 28.6. The largest absolute Gasteiger partial charge is 0.380 e. The molecule has 5 nitrogen and oxygen atoms in total. The van der Waals surface area contributed by atoms with Crippen LogP contribution in [0.2, 0.25) is 0 Å². The van der Waals surface area contributed by atoms with Crippen molar-refractivity contribution in [2.45, 2.75) is 38.0 Å². The maximum absolute atomic E-state index is 12.2. The van der Waals surface area contributed by atoms with E-state index < -0.39 is 15.3 Å². The number of hydrogen-bond acceptors (Lipinski definition) is 4. The van der Waals surface area contributed by atoms with E-state index in [0.29, 0.717) is 25.4 Å². The predicted octanol–water partition coefficient (Wildman–Crippen LogP) is 0.975. The van der Waals surface area contributed by atoms with Crippen molar-refractivity contribution in [2.24, 2.45) is 5.92 Å². The fraction of sp³-hybridized carbons (Fsp3) is 0.909. The van der Waals surface area contributed by atoms with Gasteiger partial charge in [0.15, 0.2) is 5.25 Å². The molecule has 0 saturated carbocycles. The van der Waals surface area contributed by atoms with Gasteiger partial charge >= 0.3 is 0 Å². The van der Waals surface area contributed by atoms with E-state index in [9.17, 15) is 8.42 Å². The van der Waals surface area contributed by atoms with E-state index in [1.807, 2.05) is 6.07 Å². The van der Waals surface area contributed by atoms with Gasteiger partial charge in [-0.2, -0.15) is 9.57 Å². The zero-order valence-corrected chi connectivity index (χ0v) is 11.4. The lowest BCUT2D eigenvalue weighted by molar-refractivity contribution is 0.0182. The van der Waals surface area contributed by atoms with Gasteiger partial charge in [0, 0.05) is 20.2 Å². The van der Waals surface area contributed by atoms with Gasteiger partial charge in [-0.05, 0) is 18.8 Å². The summed E-state index contributed by atoms with van der Waals surface area (Å²) in [5.41, 5.74) is 0. The van der Waals surface area contributed by atoms with Gasteiger partial charge in [0.1, 0.15) is 0 Å². The fourth-order valence-corrected chi connectivity index (χ4v) is 3.72. The Balaban J connectivity index is 2.84. The van der Waals surface area contributed by atoms with Crippen molar-refractivity contribution >= 4 is 10.0 Å². The summed E-state index contributed by atoms with van der Waals surface area (Å²) in [4.78, 5) is 0. The number of nitriles is 1. The van der Waals surface area contributed by atoms with Gasteiger partial charge in [-0.3, -0.25) is 0 Å². The Hall–Kier alpha value is -0.640. The maximum atomic E-state index is 12.2. The second-order valence-electron chi connectivity index (χ2n) is 4.47. The lowest BCUT2D eigenvalue weighted by Gasteiger charge is -2.36. The van der Waals surface area contributed by atoms with Crippen LogP contribution in [0.5, 0.6) is 0 Å². The number of hydrogen-bond donors (Lipinski definition) is 0. The Morgan fingerprint density at radius 2 is 2.24 bits per heavy atom. The number of sulfonamides is 1. The van der Waals surface area contributed by atoms with Crippen molar-refractivity contribution < 1.29 is 13.2 Å². The molecule has 0 aromatic carbocycles. The van der Waals surface area contributed by atoms with Crippen molar-refractivity contribution in [2.75, 3.05) is 20.2 Å². The standard InChI is InChI=1S/C11H20N2O3S/c1-4-10(7-12)17(14,15)13-6-5-9(2)11(8-13)16-3/h9-11H,4-6,8H2,1-3H3. The van der Waals surface area contributed by atoms with Gasteiger partial charge in [0.05, 0.1) is 12.2 Å². The molecule has 0 radical (unpaired) electrons. The molecule has 0 spiro atoms. The molecule has 1 aliphatic heterocycles. The Bertz CT molecular complexity index is 388. The zero-order chi connectivity index (χ0) is 13.1.